The minimum atomic E-state index is 0.806. The summed E-state index contributed by atoms with van der Waals surface area (Å²) in [5.41, 5.74) is 1.31. The van der Waals surface area contributed by atoms with Crippen molar-refractivity contribution in [3.63, 3.8) is 0 Å². The van der Waals surface area contributed by atoms with Gasteiger partial charge in [-0.25, -0.2) is 4.98 Å². The Morgan fingerprint density at radius 3 is 2.95 bits per heavy atom. The second-order valence-electron chi connectivity index (χ2n) is 5.94. The van der Waals surface area contributed by atoms with Crippen molar-refractivity contribution >= 4 is 5.82 Å². The Labute approximate surface area is 117 Å². The average molecular weight is 261 g/mol. The molecular weight excluding hydrogens is 234 g/mol. The molecule has 0 spiro atoms. The summed E-state index contributed by atoms with van der Waals surface area (Å²) in [6.45, 7) is 7.90. The molecule has 2 rings (SSSR count). The number of hydrogen-bond acceptors (Lipinski definition) is 3. The van der Waals surface area contributed by atoms with Gasteiger partial charge in [-0.05, 0) is 44.2 Å². The molecule has 1 atom stereocenters. The number of hydrogen-bond donors (Lipinski definition) is 1. The van der Waals surface area contributed by atoms with Crippen LogP contribution in [0.4, 0.5) is 5.82 Å². The fourth-order valence-electron chi connectivity index (χ4n) is 3.04. The predicted octanol–water partition coefficient (Wildman–Crippen LogP) is 3.06. The van der Waals surface area contributed by atoms with Crippen molar-refractivity contribution in [1.29, 1.82) is 0 Å². The molecule has 1 aliphatic rings. The molecule has 1 saturated heterocycles. The molecule has 0 radical (unpaired) electrons. The zero-order valence-corrected chi connectivity index (χ0v) is 12.5. The van der Waals surface area contributed by atoms with Gasteiger partial charge < -0.3 is 10.2 Å². The van der Waals surface area contributed by atoms with E-state index in [2.05, 4.69) is 35.1 Å². The van der Waals surface area contributed by atoms with Gasteiger partial charge in [-0.15, -0.1) is 0 Å². The van der Waals surface area contributed by atoms with Crippen molar-refractivity contribution in [2.24, 2.45) is 11.8 Å². The lowest BCUT2D eigenvalue weighted by Gasteiger charge is -2.24. The minimum Gasteiger partial charge on any atom is -0.356 e. The first-order valence-electron chi connectivity index (χ1n) is 7.55. The highest BCUT2D eigenvalue weighted by molar-refractivity contribution is 5.46. The molecule has 1 unspecified atom stereocenters. The molecule has 1 fully saturated rings. The molecule has 1 aromatic rings. The second-order valence-corrected chi connectivity index (χ2v) is 5.94. The zero-order valence-electron chi connectivity index (χ0n) is 12.5. The fourth-order valence-corrected chi connectivity index (χ4v) is 3.04. The van der Waals surface area contributed by atoms with Crippen LogP contribution in [0.1, 0.15) is 38.7 Å². The lowest BCUT2D eigenvalue weighted by atomic mass is 9.89. The van der Waals surface area contributed by atoms with Crippen molar-refractivity contribution in [1.82, 2.24) is 10.3 Å². The first kappa shape index (κ1) is 14.3. The third-order valence-corrected chi connectivity index (χ3v) is 4.25. The molecule has 3 heteroatoms. The van der Waals surface area contributed by atoms with E-state index in [-0.39, 0.29) is 0 Å². The summed E-state index contributed by atoms with van der Waals surface area (Å²) in [5.74, 6) is 2.86. The monoisotopic (exact) mass is 261 g/mol. The molecule has 1 N–H and O–H groups in total. The predicted molar refractivity (Wildman–Crippen MR) is 81.4 cm³/mol. The molecule has 106 valence electrons. The molecule has 0 aromatic carbocycles. The van der Waals surface area contributed by atoms with Crippen LogP contribution < -0.4 is 10.2 Å². The van der Waals surface area contributed by atoms with E-state index in [9.17, 15) is 0 Å². The maximum atomic E-state index is 4.62. The normalized spacial score (nSPS) is 20.6. The van der Waals surface area contributed by atoms with E-state index in [1.807, 2.05) is 19.3 Å². The van der Waals surface area contributed by atoms with Crippen LogP contribution in [0.5, 0.6) is 0 Å². The molecule has 1 aromatic heterocycles. The highest BCUT2D eigenvalue weighted by Gasteiger charge is 2.21. The van der Waals surface area contributed by atoms with Gasteiger partial charge in [0.25, 0.3) is 0 Å². The Hall–Kier alpha value is -1.09. The van der Waals surface area contributed by atoms with E-state index in [1.54, 1.807) is 0 Å². The number of rotatable bonds is 4. The topological polar surface area (TPSA) is 28.2 Å². The molecular formula is C16H27N3. The van der Waals surface area contributed by atoms with Crippen LogP contribution in [0.2, 0.25) is 0 Å². The Bertz CT molecular complexity index is 389. The lowest BCUT2D eigenvalue weighted by molar-refractivity contribution is 0.351. The molecule has 3 nitrogen and oxygen atoms in total. The highest BCUT2D eigenvalue weighted by Crippen LogP contribution is 2.27. The molecule has 19 heavy (non-hydrogen) atoms. The summed E-state index contributed by atoms with van der Waals surface area (Å²) in [6, 6.07) is 4.22. The van der Waals surface area contributed by atoms with Gasteiger partial charge in [0.15, 0.2) is 0 Å². The Morgan fingerprint density at radius 1 is 1.37 bits per heavy atom. The van der Waals surface area contributed by atoms with E-state index in [0.29, 0.717) is 0 Å². The summed E-state index contributed by atoms with van der Waals surface area (Å²) in [4.78, 5) is 7.10. The van der Waals surface area contributed by atoms with Crippen molar-refractivity contribution in [2.45, 2.75) is 39.7 Å². The van der Waals surface area contributed by atoms with Gasteiger partial charge in [0.05, 0.1) is 0 Å². The van der Waals surface area contributed by atoms with E-state index in [4.69, 9.17) is 0 Å². The summed E-state index contributed by atoms with van der Waals surface area (Å²) in [5, 5.41) is 3.24. The van der Waals surface area contributed by atoms with Crippen LogP contribution in [-0.2, 0) is 6.54 Å². The maximum absolute atomic E-state index is 4.62. The van der Waals surface area contributed by atoms with Crippen LogP contribution in [0, 0.1) is 11.8 Å². The third kappa shape index (κ3) is 3.69. The van der Waals surface area contributed by atoms with Gasteiger partial charge >= 0.3 is 0 Å². The second kappa shape index (κ2) is 6.90. The summed E-state index contributed by atoms with van der Waals surface area (Å²) in [7, 11) is 1.99. The maximum Gasteiger partial charge on any atom is 0.133 e. The van der Waals surface area contributed by atoms with E-state index >= 15 is 0 Å². The van der Waals surface area contributed by atoms with Crippen molar-refractivity contribution < 1.29 is 0 Å². The van der Waals surface area contributed by atoms with Gasteiger partial charge in [0.2, 0.25) is 0 Å². The van der Waals surface area contributed by atoms with Gasteiger partial charge in [-0.3, -0.25) is 0 Å². The number of nitrogens with zero attached hydrogens (tertiary/aromatic N) is 2. The van der Waals surface area contributed by atoms with Crippen LogP contribution in [0.3, 0.4) is 0 Å². The Morgan fingerprint density at radius 2 is 2.21 bits per heavy atom. The Kier molecular flexibility index (Phi) is 5.20. The smallest absolute Gasteiger partial charge is 0.133 e. The number of pyridine rings is 1. The molecule has 1 aliphatic heterocycles. The van der Waals surface area contributed by atoms with Gasteiger partial charge in [0, 0.05) is 31.4 Å². The van der Waals surface area contributed by atoms with Crippen LogP contribution >= 0.6 is 0 Å². The molecule has 0 amide bonds. The van der Waals surface area contributed by atoms with Crippen molar-refractivity contribution in [2.75, 3.05) is 25.0 Å². The highest BCUT2D eigenvalue weighted by atomic mass is 15.2. The third-order valence-electron chi connectivity index (χ3n) is 4.25. The number of aromatic nitrogens is 1. The van der Waals surface area contributed by atoms with Gasteiger partial charge in [-0.1, -0.05) is 19.9 Å². The molecule has 2 heterocycles. The van der Waals surface area contributed by atoms with E-state index in [0.717, 1.165) is 31.5 Å². The molecule has 0 bridgehead atoms. The molecule has 0 aliphatic carbocycles. The quantitative estimate of drug-likeness (QED) is 0.903. The first-order valence-corrected chi connectivity index (χ1v) is 7.55. The minimum absolute atomic E-state index is 0.806. The van der Waals surface area contributed by atoms with E-state index < -0.39 is 0 Å². The summed E-state index contributed by atoms with van der Waals surface area (Å²) >= 11 is 0. The van der Waals surface area contributed by atoms with Crippen LogP contribution in [0.15, 0.2) is 18.3 Å². The van der Waals surface area contributed by atoms with Gasteiger partial charge in [0.1, 0.15) is 5.82 Å². The fraction of sp³-hybridized carbons (Fsp3) is 0.688. The standard InChI is InChI=1S/C16H27N3/c1-13(2)14-7-5-10-19(11-8-14)16-15(12-17-3)6-4-9-18-16/h4,6,9,13-14,17H,5,7-8,10-12H2,1-3H3. The summed E-state index contributed by atoms with van der Waals surface area (Å²) in [6.07, 6.45) is 5.87. The first-order chi connectivity index (χ1) is 9.22. The lowest BCUT2D eigenvalue weighted by Crippen LogP contribution is -2.27. The number of anilines is 1. The Balaban J connectivity index is 2.09. The largest absolute Gasteiger partial charge is 0.356 e. The summed E-state index contributed by atoms with van der Waals surface area (Å²) < 4.78 is 0. The van der Waals surface area contributed by atoms with Gasteiger partial charge in [-0.2, -0.15) is 0 Å². The van der Waals surface area contributed by atoms with Crippen molar-refractivity contribution in [3.05, 3.63) is 23.9 Å². The van der Waals surface area contributed by atoms with Crippen LogP contribution in [-0.4, -0.2) is 25.1 Å². The van der Waals surface area contributed by atoms with E-state index in [1.165, 1.54) is 30.6 Å². The number of nitrogens with one attached hydrogen (secondary N) is 1. The molecule has 0 saturated carbocycles. The van der Waals surface area contributed by atoms with Crippen LogP contribution in [0.25, 0.3) is 0 Å². The zero-order chi connectivity index (χ0) is 13.7. The SMILES string of the molecule is CNCc1cccnc1N1CCCC(C(C)C)CC1. The van der Waals surface area contributed by atoms with Crippen molar-refractivity contribution in [3.8, 4) is 0 Å². The average Bonchev–Trinajstić information content (AvgIpc) is 2.65.